The first-order valence-electron chi connectivity index (χ1n) is 15.8. The number of aliphatic hydroxyl groups is 1. The van der Waals surface area contributed by atoms with Crippen LogP contribution >= 0.6 is 0 Å². The third-order valence-corrected chi connectivity index (χ3v) is 8.06. The van der Waals surface area contributed by atoms with Crippen LogP contribution in [0.1, 0.15) is 73.3 Å². The minimum Gasteiger partial charge on any atom is -0.391 e. The van der Waals surface area contributed by atoms with Crippen molar-refractivity contribution in [3.05, 3.63) is 58.7 Å². The molecule has 2 rings (SSSR count). The van der Waals surface area contributed by atoms with Gasteiger partial charge in [0.05, 0.1) is 17.6 Å². The second-order valence-corrected chi connectivity index (χ2v) is 12.9. The fourth-order valence-corrected chi connectivity index (χ4v) is 5.99. The van der Waals surface area contributed by atoms with E-state index >= 15 is 0 Å². The number of halogens is 2. The summed E-state index contributed by atoms with van der Waals surface area (Å²) in [7, 11) is 0. The number of rotatable bonds is 17. The van der Waals surface area contributed by atoms with Gasteiger partial charge in [0.2, 0.25) is 17.7 Å². The summed E-state index contributed by atoms with van der Waals surface area (Å²) in [6.07, 6.45) is 3.45. The standard InChI is InChI=1S/C34H52F2N4O4/c1-8-10-40(11-9-2)32(43)25-12-23(7)17-34(18-25,33(37)44)28(15-24-13-26(35)16-27(36)14-24)29(41)20-38-30(22(5)6)31(42)39-19-21(3)4/h12-14,16-17,21-22,28-30,38,41H,8-11,15,18-20H2,1-7H3,(H2,37,44)(H,39,42)/t28-,29+,30-,34?/m1/s1. The zero-order chi connectivity index (χ0) is 33.2. The van der Waals surface area contributed by atoms with E-state index in [2.05, 4.69) is 10.6 Å². The molecule has 246 valence electrons. The van der Waals surface area contributed by atoms with Crippen LogP contribution in [0.25, 0.3) is 0 Å². The zero-order valence-corrected chi connectivity index (χ0v) is 27.4. The summed E-state index contributed by atoms with van der Waals surface area (Å²) >= 11 is 0. The molecule has 1 unspecified atom stereocenters. The fourth-order valence-electron chi connectivity index (χ4n) is 5.99. The normalized spacial score (nSPS) is 18.8. The number of nitrogens with two attached hydrogens (primary N) is 1. The summed E-state index contributed by atoms with van der Waals surface area (Å²) in [6, 6.07) is 2.43. The van der Waals surface area contributed by atoms with Crippen LogP contribution in [0.15, 0.2) is 41.5 Å². The molecule has 4 atom stereocenters. The van der Waals surface area contributed by atoms with Crippen LogP contribution in [-0.2, 0) is 20.8 Å². The molecule has 0 heterocycles. The van der Waals surface area contributed by atoms with Crippen LogP contribution in [0.2, 0.25) is 0 Å². The molecule has 0 aromatic heterocycles. The molecule has 0 aliphatic heterocycles. The molecule has 44 heavy (non-hydrogen) atoms. The summed E-state index contributed by atoms with van der Waals surface area (Å²) in [5.74, 6) is -3.63. The maximum atomic E-state index is 14.3. The Bertz CT molecular complexity index is 1190. The quantitative estimate of drug-likeness (QED) is 0.208. The molecule has 3 amide bonds. The molecule has 1 aliphatic carbocycles. The number of carbonyl (C=O) groups is 3. The highest BCUT2D eigenvalue weighted by molar-refractivity contribution is 5.97. The molecule has 0 radical (unpaired) electrons. The molecule has 0 spiro atoms. The van der Waals surface area contributed by atoms with Gasteiger partial charge in [0.15, 0.2) is 0 Å². The molecule has 0 saturated heterocycles. The van der Waals surface area contributed by atoms with Crippen LogP contribution in [0.5, 0.6) is 0 Å². The van der Waals surface area contributed by atoms with E-state index < -0.39 is 41.0 Å². The number of nitrogens with zero attached hydrogens (tertiary/aromatic N) is 1. The topological polar surface area (TPSA) is 125 Å². The highest BCUT2D eigenvalue weighted by atomic mass is 19.1. The van der Waals surface area contributed by atoms with E-state index in [1.807, 2.05) is 41.5 Å². The van der Waals surface area contributed by atoms with Gasteiger partial charge in [-0.3, -0.25) is 14.4 Å². The Balaban J connectivity index is 2.55. The molecular weight excluding hydrogens is 566 g/mol. The molecule has 0 saturated carbocycles. The lowest BCUT2D eigenvalue weighted by Crippen LogP contribution is -2.55. The maximum absolute atomic E-state index is 14.3. The van der Waals surface area contributed by atoms with Gasteiger partial charge in [-0.2, -0.15) is 0 Å². The van der Waals surface area contributed by atoms with Crippen molar-refractivity contribution in [2.45, 2.75) is 86.3 Å². The van der Waals surface area contributed by atoms with Crippen molar-refractivity contribution in [1.82, 2.24) is 15.5 Å². The molecule has 0 bridgehead atoms. The second kappa shape index (κ2) is 16.8. The van der Waals surface area contributed by atoms with E-state index in [-0.39, 0.29) is 48.6 Å². The first kappa shape index (κ1) is 37.1. The summed E-state index contributed by atoms with van der Waals surface area (Å²) < 4.78 is 28.6. The highest BCUT2D eigenvalue weighted by Crippen LogP contribution is 2.44. The molecule has 5 N–H and O–H groups in total. The largest absolute Gasteiger partial charge is 0.391 e. The van der Waals surface area contributed by atoms with E-state index in [1.54, 1.807) is 24.0 Å². The van der Waals surface area contributed by atoms with Crippen molar-refractivity contribution in [3.8, 4) is 0 Å². The maximum Gasteiger partial charge on any atom is 0.249 e. The molecule has 10 heteroatoms. The average Bonchev–Trinajstić information content (AvgIpc) is 2.93. The lowest BCUT2D eigenvalue weighted by molar-refractivity contribution is -0.132. The number of benzene rings is 1. The molecule has 1 aliphatic rings. The van der Waals surface area contributed by atoms with Crippen molar-refractivity contribution < 1.29 is 28.3 Å². The van der Waals surface area contributed by atoms with Crippen molar-refractivity contribution in [2.75, 3.05) is 26.2 Å². The third kappa shape index (κ3) is 9.95. The van der Waals surface area contributed by atoms with Gasteiger partial charge < -0.3 is 26.4 Å². The van der Waals surface area contributed by atoms with Gasteiger partial charge in [0.25, 0.3) is 0 Å². The van der Waals surface area contributed by atoms with Crippen molar-refractivity contribution in [2.24, 2.45) is 28.9 Å². The Kier molecular flexibility index (Phi) is 14.2. The minimum absolute atomic E-state index is 0.0789. The Labute approximate surface area is 261 Å². The van der Waals surface area contributed by atoms with Crippen LogP contribution in [-0.4, -0.2) is 66.1 Å². The smallest absolute Gasteiger partial charge is 0.249 e. The number of amides is 3. The second-order valence-electron chi connectivity index (χ2n) is 12.9. The number of nitrogens with one attached hydrogen (secondary N) is 2. The Hall–Kier alpha value is -3.11. The van der Waals surface area contributed by atoms with Crippen LogP contribution < -0.4 is 16.4 Å². The molecule has 0 fully saturated rings. The van der Waals surface area contributed by atoms with Crippen LogP contribution in [0.3, 0.4) is 0 Å². The van der Waals surface area contributed by atoms with Crippen molar-refractivity contribution >= 4 is 17.7 Å². The number of carbonyl (C=O) groups excluding carboxylic acids is 3. The van der Waals surface area contributed by atoms with Gasteiger partial charge in [-0.1, -0.05) is 59.3 Å². The van der Waals surface area contributed by atoms with Crippen LogP contribution in [0, 0.1) is 34.8 Å². The molecule has 1 aromatic carbocycles. The van der Waals surface area contributed by atoms with Crippen LogP contribution in [0.4, 0.5) is 8.78 Å². The summed E-state index contributed by atoms with van der Waals surface area (Å²) in [6.45, 7) is 14.9. The van der Waals surface area contributed by atoms with Gasteiger partial charge in [-0.05, 0) is 62.1 Å². The van der Waals surface area contributed by atoms with E-state index in [4.69, 9.17) is 5.73 Å². The van der Waals surface area contributed by atoms with Crippen molar-refractivity contribution in [3.63, 3.8) is 0 Å². The molecule has 8 nitrogen and oxygen atoms in total. The number of hydrogen-bond acceptors (Lipinski definition) is 5. The van der Waals surface area contributed by atoms with Gasteiger partial charge in [0, 0.05) is 43.7 Å². The number of allylic oxidation sites excluding steroid dienone is 2. The Morgan fingerprint density at radius 2 is 1.61 bits per heavy atom. The van der Waals surface area contributed by atoms with Gasteiger partial charge in [0.1, 0.15) is 11.6 Å². The SMILES string of the molecule is CCCN(CCC)C(=O)C1=CC(C)=CC(C(N)=O)([C@H](Cc2cc(F)cc(F)c2)[C@@H](O)CN[C@@H](C(=O)NCC(C)C)C(C)C)C1. The Morgan fingerprint density at radius 3 is 2.11 bits per heavy atom. The van der Waals surface area contributed by atoms with E-state index in [0.717, 1.165) is 31.0 Å². The molecule has 1 aromatic rings. The Morgan fingerprint density at radius 1 is 1.02 bits per heavy atom. The molecular formula is C34H52F2N4O4. The average molecular weight is 619 g/mol. The van der Waals surface area contributed by atoms with Gasteiger partial charge >= 0.3 is 0 Å². The van der Waals surface area contributed by atoms with E-state index in [1.165, 1.54) is 0 Å². The zero-order valence-electron chi connectivity index (χ0n) is 27.4. The predicted molar refractivity (Wildman–Crippen MR) is 169 cm³/mol. The van der Waals surface area contributed by atoms with Gasteiger partial charge in [-0.15, -0.1) is 0 Å². The number of primary amides is 1. The third-order valence-electron chi connectivity index (χ3n) is 8.06. The summed E-state index contributed by atoms with van der Waals surface area (Å²) in [4.78, 5) is 41.9. The number of hydrogen-bond donors (Lipinski definition) is 4. The lowest BCUT2D eigenvalue weighted by Gasteiger charge is -2.42. The highest BCUT2D eigenvalue weighted by Gasteiger charge is 2.48. The summed E-state index contributed by atoms with van der Waals surface area (Å²) in [5, 5.41) is 17.8. The van der Waals surface area contributed by atoms with Gasteiger partial charge in [-0.25, -0.2) is 8.78 Å². The lowest BCUT2D eigenvalue weighted by atomic mass is 9.63. The predicted octanol–water partition coefficient (Wildman–Crippen LogP) is 4.27. The number of aliphatic hydroxyl groups excluding tert-OH is 1. The summed E-state index contributed by atoms with van der Waals surface area (Å²) in [5.41, 5.74) is 5.80. The fraction of sp³-hybridized carbons (Fsp3) is 0.618. The van der Waals surface area contributed by atoms with Crippen molar-refractivity contribution in [1.29, 1.82) is 0 Å². The first-order valence-corrected chi connectivity index (χ1v) is 15.8. The minimum atomic E-state index is -1.55. The first-order chi connectivity index (χ1) is 20.6. The van der Waals surface area contributed by atoms with E-state index in [0.29, 0.717) is 30.8 Å². The van der Waals surface area contributed by atoms with E-state index in [9.17, 15) is 28.3 Å². The monoisotopic (exact) mass is 618 g/mol.